The summed E-state index contributed by atoms with van der Waals surface area (Å²) in [5, 5.41) is 13.9. The molecule has 2 rings (SSSR count). The van der Waals surface area contributed by atoms with Crippen molar-refractivity contribution in [3.05, 3.63) is 35.9 Å². The van der Waals surface area contributed by atoms with Crippen LogP contribution in [0, 0.1) is 5.92 Å². The molecule has 1 heterocycles. The Morgan fingerprint density at radius 3 is 2.81 bits per heavy atom. The van der Waals surface area contributed by atoms with Gasteiger partial charge in [-0.25, -0.2) is 0 Å². The zero-order valence-electron chi connectivity index (χ0n) is 9.89. The minimum absolute atomic E-state index is 0.320. The fourth-order valence-electron chi connectivity index (χ4n) is 2.70. The van der Waals surface area contributed by atoms with Crippen molar-refractivity contribution in [3.63, 3.8) is 0 Å². The van der Waals surface area contributed by atoms with E-state index >= 15 is 0 Å². The Labute approximate surface area is 97.7 Å². The second kappa shape index (κ2) is 5.46. The Kier molecular flexibility index (Phi) is 3.97. The molecule has 1 saturated heterocycles. The standard InChI is InChI=1S/C14H21NO/c1-2-13-12(9-6-10-15-13)14(16)11-7-4-3-5-8-11/h3-5,7-8,12-16H,2,6,9-10H2,1H3/t12-,13+,14+/m0/s1. The molecule has 1 aromatic rings. The first-order chi connectivity index (χ1) is 7.83. The van der Waals surface area contributed by atoms with Crippen molar-refractivity contribution < 1.29 is 5.11 Å². The SMILES string of the molecule is CC[C@H]1NCCC[C@@H]1[C@H](O)c1ccccc1. The summed E-state index contributed by atoms with van der Waals surface area (Å²) < 4.78 is 0. The first kappa shape index (κ1) is 11.6. The van der Waals surface area contributed by atoms with E-state index in [1.807, 2.05) is 30.3 Å². The molecule has 88 valence electrons. The van der Waals surface area contributed by atoms with Crippen LogP contribution in [0.15, 0.2) is 30.3 Å². The van der Waals surface area contributed by atoms with Crippen LogP contribution in [0.3, 0.4) is 0 Å². The highest BCUT2D eigenvalue weighted by atomic mass is 16.3. The van der Waals surface area contributed by atoms with E-state index < -0.39 is 0 Å². The van der Waals surface area contributed by atoms with E-state index in [9.17, 15) is 5.11 Å². The lowest BCUT2D eigenvalue weighted by atomic mass is 9.82. The molecule has 0 bridgehead atoms. The molecule has 2 N–H and O–H groups in total. The second-order valence-electron chi connectivity index (χ2n) is 4.63. The van der Waals surface area contributed by atoms with Gasteiger partial charge in [0.1, 0.15) is 0 Å². The van der Waals surface area contributed by atoms with Gasteiger partial charge in [-0.2, -0.15) is 0 Å². The quantitative estimate of drug-likeness (QED) is 0.818. The maximum atomic E-state index is 10.4. The van der Waals surface area contributed by atoms with Gasteiger partial charge in [-0.3, -0.25) is 0 Å². The van der Waals surface area contributed by atoms with Crippen LogP contribution in [0.25, 0.3) is 0 Å². The summed E-state index contributed by atoms with van der Waals surface area (Å²) in [7, 11) is 0. The van der Waals surface area contributed by atoms with Gasteiger partial charge < -0.3 is 10.4 Å². The van der Waals surface area contributed by atoms with Crippen molar-refractivity contribution >= 4 is 0 Å². The molecule has 0 spiro atoms. The highest BCUT2D eigenvalue weighted by Gasteiger charge is 2.30. The molecule has 0 radical (unpaired) electrons. The smallest absolute Gasteiger partial charge is 0.0833 e. The number of nitrogens with one attached hydrogen (secondary N) is 1. The summed E-state index contributed by atoms with van der Waals surface area (Å²) in [5.41, 5.74) is 1.05. The molecule has 2 heteroatoms. The van der Waals surface area contributed by atoms with Gasteiger partial charge in [0.05, 0.1) is 6.10 Å². The van der Waals surface area contributed by atoms with Gasteiger partial charge in [0, 0.05) is 12.0 Å². The van der Waals surface area contributed by atoms with Crippen molar-refractivity contribution in [2.24, 2.45) is 5.92 Å². The van der Waals surface area contributed by atoms with E-state index in [0.717, 1.165) is 24.9 Å². The zero-order chi connectivity index (χ0) is 11.4. The number of rotatable bonds is 3. The highest BCUT2D eigenvalue weighted by Crippen LogP contribution is 2.31. The molecule has 1 aromatic carbocycles. The van der Waals surface area contributed by atoms with Crippen LogP contribution in [0.2, 0.25) is 0 Å². The number of hydrogen-bond donors (Lipinski definition) is 2. The Morgan fingerprint density at radius 1 is 1.38 bits per heavy atom. The molecule has 1 aliphatic heterocycles. The molecule has 1 fully saturated rings. The molecule has 3 atom stereocenters. The number of hydrogen-bond acceptors (Lipinski definition) is 2. The van der Waals surface area contributed by atoms with Gasteiger partial charge in [0.15, 0.2) is 0 Å². The Hall–Kier alpha value is -0.860. The van der Waals surface area contributed by atoms with Gasteiger partial charge >= 0.3 is 0 Å². The summed E-state index contributed by atoms with van der Waals surface area (Å²) in [6.07, 6.45) is 3.07. The molecule has 1 aliphatic rings. The summed E-state index contributed by atoms with van der Waals surface area (Å²) >= 11 is 0. The number of aliphatic hydroxyl groups excluding tert-OH is 1. The van der Waals surface area contributed by atoms with Crippen molar-refractivity contribution in [2.45, 2.75) is 38.3 Å². The van der Waals surface area contributed by atoms with Gasteiger partial charge in [-0.15, -0.1) is 0 Å². The molecule has 0 aliphatic carbocycles. The minimum atomic E-state index is -0.320. The van der Waals surface area contributed by atoms with E-state index in [0.29, 0.717) is 12.0 Å². The zero-order valence-corrected chi connectivity index (χ0v) is 9.89. The maximum Gasteiger partial charge on any atom is 0.0833 e. The van der Waals surface area contributed by atoms with E-state index in [1.165, 1.54) is 6.42 Å². The fraction of sp³-hybridized carbons (Fsp3) is 0.571. The lowest BCUT2D eigenvalue weighted by molar-refractivity contribution is 0.0638. The Balaban J connectivity index is 2.10. The third-order valence-corrected chi connectivity index (χ3v) is 3.62. The van der Waals surface area contributed by atoms with Gasteiger partial charge in [0.2, 0.25) is 0 Å². The lowest BCUT2D eigenvalue weighted by Crippen LogP contribution is -2.43. The first-order valence-electron chi connectivity index (χ1n) is 6.29. The highest BCUT2D eigenvalue weighted by molar-refractivity contribution is 5.18. The average molecular weight is 219 g/mol. The third-order valence-electron chi connectivity index (χ3n) is 3.62. The monoisotopic (exact) mass is 219 g/mol. The molecular formula is C14H21NO. The van der Waals surface area contributed by atoms with Crippen molar-refractivity contribution in [1.29, 1.82) is 0 Å². The van der Waals surface area contributed by atoms with Gasteiger partial charge in [-0.1, -0.05) is 37.3 Å². The fourth-order valence-corrected chi connectivity index (χ4v) is 2.70. The van der Waals surface area contributed by atoms with Crippen molar-refractivity contribution in [2.75, 3.05) is 6.54 Å². The minimum Gasteiger partial charge on any atom is -0.388 e. The van der Waals surface area contributed by atoms with Crippen LogP contribution in [0.4, 0.5) is 0 Å². The Morgan fingerprint density at radius 2 is 2.12 bits per heavy atom. The predicted octanol–water partition coefficient (Wildman–Crippen LogP) is 2.50. The first-order valence-corrected chi connectivity index (χ1v) is 6.29. The van der Waals surface area contributed by atoms with E-state index in [2.05, 4.69) is 12.2 Å². The molecule has 2 nitrogen and oxygen atoms in total. The predicted molar refractivity (Wildman–Crippen MR) is 66.2 cm³/mol. The summed E-state index contributed by atoms with van der Waals surface area (Å²) in [6, 6.07) is 10.5. The third kappa shape index (κ3) is 2.45. The van der Waals surface area contributed by atoms with Crippen LogP contribution < -0.4 is 5.32 Å². The van der Waals surface area contributed by atoms with Crippen molar-refractivity contribution in [1.82, 2.24) is 5.32 Å². The van der Waals surface area contributed by atoms with Crippen LogP contribution in [0.5, 0.6) is 0 Å². The number of piperidine rings is 1. The van der Waals surface area contributed by atoms with Gasteiger partial charge in [-0.05, 0) is 31.4 Å². The maximum absolute atomic E-state index is 10.4. The Bertz CT molecular complexity index is 312. The van der Waals surface area contributed by atoms with Crippen molar-refractivity contribution in [3.8, 4) is 0 Å². The topological polar surface area (TPSA) is 32.3 Å². The summed E-state index contributed by atoms with van der Waals surface area (Å²) in [6.45, 7) is 3.28. The largest absolute Gasteiger partial charge is 0.388 e. The summed E-state index contributed by atoms with van der Waals surface area (Å²) in [4.78, 5) is 0. The van der Waals surface area contributed by atoms with E-state index in [1.54, 1.807) is 0 Å². The van der Waals surface area contributed by atoms with Crippen LogP contribution in [0.1, 0.15) is 37.9 Å². The lowest BCUT2D eigenvalue weighted by Gasteiger charge is -2.35. The summed E-state index contributed by atoms with van der Waals surface area (Å²) in [5.74, 6) is 0.362. The average Bonchev–Trinajstić information content (AvgIpc) is 2.39. The van der Waals surface area contributed by atoms with E-state index in [4.69, 9.17) is 0 Å². The van der Waals surface area contributed by atoms with Crippen LogP contribution in [-0.2, 0) is 0 Å². The molecule has 0 aromatic heterocycles. The molecule has 16 heavy (non-hydrogen) atoms. The molecule has 0 saturated carbocycles. The van der Waals surface area contributed by atoms with Crippen LogP contribution >= 0.6 is 0 Å². The molecule has 0 unspecified atom stereocenters. The van der Waals surface area contributed by atoms with E-state index in [-0.39, 0.29) is 6.10 Å². The number of benzene rings is 1. The number of aliphatic hydroxyl groups is 1. The molecular weight excluding hydrogens is 198 g/mol. The second-order valence-corrected chi connectivity index (χ2v) is 4.63. The molecule has 0 amide bonds. The van der Waals surface area contributed by atoms with Gasteiger partial charge in [0.25, 0.3) is 0 Å². The normalized spacial score (nSPS) is 27.6. The van der Waals surface area contributed by atoms with Crippen LogP contribution in [-0.4, -0.2) is 17.7 Å².